The first-order valence-corrected chi connectivity index (χ1v) is 11.1. The lowest BCUT2D eigenvalue weighted by molar-refractivity contribution is 0.0962. The van der Waals surface area contributed by atoms with E-state index in [1.54, 1.807) is 43.5 Å². The molecule has 4 rings (SSSR count). The summed E-state index contributed by atoms with van der Waals surface area (Å²) in [6.45, 7) is 3.22. The van der Waals surface area contributed by atoms with E-state index in [9.17, 15) is 9.90 Å². The Labute approximate surface area is 197 Å². The number of benzene rings is 2. The monoisotopic (exact) mass is 460 g/mol. The quantitative estimate of drug-likeness (QED) is 0.352. The van der Waals surface area contributed by atoms with Crippen LogP contribution in [0.15, 0.2) is 55.0 Å². The number of fused-ring (bicyclic) bond motifs is 1. The van der Waals surface area contributed by atoms with E-state index in [2.05, 4.69) is 32.6 Å². The summed E-state index contributed by atoms with van der Waals surface area (Å²) in [5, 5.41) is 20.5. The Morgan fingerprint density at radius 1 is 1.18 bits per heavy atom. The third-order valence-corrected chi connectivity index (χ3v) is 5.76. The van der Waals surface area contributed by atoms with Gasteiger partial charge in [0.05, 0.1) is 37.7 Å². The fourth-order valence-corrected chi connectivity index (χ4v) is 3.90. The zero-order valence-electron chi connectivity index (χ0n) is 19.4. The Kier molecular flexibility index (Phi) is 7.03. The summed E-state index contributed by atoms with van der Waals surface area (Å²) >= 11 is 0. The zero-order chi connectivity index (χ0) is 24.1. The molecule has 0 bridgehead atoms. The van der Waals surface area contributed by atoms with Crippen molar-refractivity contribution in [3.63, 3.8) is 0 Å². The molecule has 34 heavy (non-hydrogen) atoms. The number of rotatable bonds is 9. The van der Waals surface area contributed by atoms with Crippen LogP contribution in [-0.2, 0) is 6.54 Å². The summed E-state index contributed by atoms with van der Waals surface area (Å²) < 4.78 is 7.31. The standard InChI is InChI=1S/C25H28N6O3/c1-16(20-6-4-18(25(33)26-2)11-23(20)34-3)13-27-24-12-21(28-15-29-24)17-5-7-22-19(10-17)14-30-31(22)8-9-32/h4-7,10-12,14-16,32H,8-9,13H2,1-3H3,(H,26,33)(H,27,28,29). The lowest BCUT2D eigenvalue weighted by atomic mass is 9.98. The number of methoxy groups -OCH3 is 1. The smallest absolute Gasteiger partial charge is 0.251 e. The van der Waals surface area contributed by atoms with E-state index in [-0.39, 0.29) is 18.4 Å². The van der Waals surface area contributed by atoms with Gasteiger partial charge in [-0.3, -0.25) is 9.48 Å². The first kappa shape index (κ1) is 23.2. The van der Waals surface area contributed by atoms with E-state index in [0.29, 0.717) is 30.2 Å². The second kappa shape index (κ2) is 10.3. The number of nitrogens with zero attached hydrogens (tertiary/aromatic N) is 4. The van der Waals surface area contributed by atoms with Crippen LogP contribution < -0.4 is 15.4 Å². The van der Waals surface area contributed by atoms with Crippen molar-refractivity contribution in [3.05, 3.63) is 66.1 Å². The van der Waals surface area contributed by atoms with Gasteiger partial charge < -0.3 is 20.5 Å². The molecule has 0 radical (unpaired) electrons. The van der Waals surface area contributed by atoms with E-state index in [0.717, 1.165) is 27.7 Å². The van der Waals surface area contributed by atoms with Crippen LogP contribution in [0.2, 0.25) is 0 Å². The third-order valence-electron chi connectivity index (χ3n) is 5.76. The predicted octanol–water partition coefficient (Wildman–Crippen LogP) is 3.07. The predicted molar refractivity (Wildman–Crippen MR) is 131 cm³/mol. The number of amides is 1. The number of carbonyl (C=O) groups is 1. The molecule has 176 valence electrons. The number of hydrogen-bond donors (Lipinski definition) is 3. The lowest BCUT2D eigenvalue weighted by Gasteiger charge is -2.17. The summed E-state index contributed by atoms with van der Waals surface area (Å²) in [4.78, 5) is 20.7. The molecule has 0 aliphatic carbocycles. The maximum Gasteiger partial charge on any atom is 0.251 e. The fraction of sp³-hybridized carbons (Fsp3) is 0.280. The Hall–Kier alpha value is -3.98. The minimum Gasteiger partial charge on any atom is -0.496 e. The van der Waals surface area contributed by atoms with E-state index in [4.69, 9.17) is 4.74 Å². The van der Waals surface area contributed by atoms with Gasteiger partial charge in [0.2, 0.25) is 0 Å². The Balaban J connectivity index is 1.49. The largest absolute Gasteiger partial charge is 0.496 e. The van der Waals surface area contributed by atoms with E-state index in [1.165, 1.54) is 0 Å². The van der Waals surface area contributed by atoms with Crippen LogP contribution >= 0.6 is 0 Å². The number of anilines is 1. The number of aliphatic hydroxyl groups excluding tert-OH is 1. The van der Waals surface area contributed by atoms with Crippen LogP contribution in [0.1, 0.15) is 28.8 Å². The van der Waals surface area contributed by atoms with E-state index < -0.39 is 0 Å². The number of hydrogen-bond acceptors (Lipinski definition) is 7. The molecule has 0 aliphatic heterocycles. The molecule has 3 N–H and O–H groups in total. The van der Waals surface area contributed by atoms with Gasteiger partial charge in [-0.1, -0.05) is 19.1 Å². The summed E-state index contributed by atoms with van der Waals surface area (Å²) in [6, 6.07) is 13.4. The summed E-state index contributed by atoms with van der Waals surface area (Å²) in [5.41, 5.74) is 4.29. The van der Waals surface area contributed by atoms with Gasteiger partial charge in [0.25, 0.3) is 5.91 Å². The summed E-state index contributed by atoms with van der Waals surface area (Å²) in [5.74, 6) is 1.35. The SMILES string of the molecule is CNC(=O)c1ccc(C(C)CNc2cc(-c3ccc4c(cnn4CCO)c3)ncn2)c(OC)c1. The van der Waals surface area contributed by atoms with Crippen molar-refractivity contribution in [2.75, 3.05) is 32.6 Å². The molecule has 1 amide bonds. The average Bonchev–Trinajstić information content (AvgIpc) is 3.28. The van der Waals surface area contributed by atoms with Crippen molar-refractivity contribution < 1.29 is 14.6 Å². The van der Waals surface area contributed by atoms with Crippen LogP contribution in [-0.4, -0.2) is 58.1 Å². The van der Waals surface area contributed by atoms with E-state index >= 15 is 0 Å². The van der Waals surface area contributed by atoms with Crippen LogP contribution in [0.3, 0.4) is 0 Å². The number of nitrogens with one attached hydrogen (secondary N) is 2. The summed E-state index contributed by atoms with van der Waals surface area (Å²) in [6.07, 6.45) is 3.33. The molecule has 2 aromatic carbocycles. The maximum atomic E-state index is 11.9. The van der Waals surface area contributed by atoms with Crippen LogP contribution in [0.25, 0.3) is 22.2 Å². The topological polar surface area (TPSA) is 114 Å². The van der Waals surface area contributed by atoms with Gasteiger partial charge >= 0.3 is 0 Å². The highest BCUT2D eigenvalue weighted by molar-refractivity contribution is 5.94. The Morgan fingerprint density at radius 2 is 2.03 bits per heavy atom. The lowest BCUT2D eigenvalue weighted by Crippen LogP contribution is -2.18. The average molecular weight is 461 g/mol. The van der Waals surface area contributed by atoms with Gasteiger partial charge in [-0.05, 0) is 29.8 Å². The van der Waals surface area contributed by atoms with Gasteiger partial charge in [0, 0.05) is 42.1 Å². The Morgan fingerprint density at radius 3 is 2.79 bits per heavy atom. The first-order chi connectivity index (χ1) is 16.5. The Bertz CT molecular complexity index is 1300. The molecule has 4 aromatic rings. The normalized spacial score (nSPS) is 11.9. The van der Waals surface area contributed by atoms with Gasteiger partial charge in [-0.15, -0.1) is 0 Å². The van der Waals surface area contributed by atoms with Gasteiger partial charge in [0.15, 0.2) is 0 Å². The highest BCUT2D eigenvalue weighted by atomic mass is 16.5. The van der Waals surface area contributed by atoms with Crippen molar-refractivity contribution in [3.8, 4) is 17.0 Å². The number of aliphatic hydroxyl groups is 1. The molecule has 0 saturated carbocycles. The molecule has 9 nitrogen and oxygen atoms in total. The second-order valence-corrected chi connectivity index (χ2v) is 7.97. The molecule has 0 saturated heterocycles. The van der Waals surface area contributed by atoms with Crippen molar-refractivity contribution in [1.29, 1.82) is 0 Å². The number of carbonyl (C=O) groups excluding carboxylic acids is 1. The van der Waals surface area contributed by atoms with Crippen LogP contribution in [0.5, 0.6) is 5.75 Å². The van der Waals surface area contributed by atoms with E-state index in [1.807, 2.05) is 30.3 Å². The first-order valence-electron chi connectivity index (χ1n) is 11.1. The van der Waals surface area contributed by atoms with Crippen LogP contribution in [0.4, 0.5) is 5.82 Å². The summed E-state index contributed by atoms with van der Waals surface area (Å²) in [7, 11) is 3.21. The zero-order valence-corrected chi connectivity index (χ0v) is 19.4. The minimum atomic E-state index is -0.150. The van der Waals surface area contributed by atoms with Crippen molar-refractivity contribution in [2.45, 2.75) is 19.4 Å². The number of aromatic nitrogens is 4. The van der Waals surface area contributed by atoms with Crippen molar-refractivity contribution in [1.82, 2.24) is 25.1 Å². The molecule has 1 atom stereocenters. The van der Waals surface area contributed by atoms with Gasteiger partial charge in [-0.2, -0.15) is 5.10 Å². The van der Waals surface area contributed by atoms with Crippen molar-refractivity contribution in [2.24, 2.45) is 0 Å². The highest BCUT2D eigenvalue weighted by Crippen LogP contribution is 2.29. The third kappa shape index (κ3) is 4.84. The molecule has 0 spiro atoms. The van der Waals surface area contributed by atoms with Crippen LogP contribution in [0, 0.1) is 0 Å². The molecule has 0 fully saturated rings. The molecule has 0 aliphatic rings. The second-order valence-electron chi connectivity index (χ2n) is 7.97. The molecule has 2 aromatic heterocycles. The molecular formula is C25H28N6O3. The highest BCUT2D eigenvalue weighted by Gasteiger charge is 2.15. The van der Waals surface area contributed by atoms with Crippen molar-refractivity contribution >= 4 is 22.6 Å². The fourth-order valence-electron chi connectivity index (χ4n) is 3.90. The molecule has 9 heteroatoms. The minimum absolute atomic E-state index is 0.0436. The molecule has 1 unspecified atom stereocenters. The molecule has 2 heterocycles. The molecular weight excluding hydrogens is 432 g/mol. The van der Waals surface area contributed by atoms with Gasteiger partial charge in [0.1, 0.15) is 17.9 Å². The van der Waals surface area contributed by atoms with Gasteiger partial charge in [-0.25, -0.2) is 9.97 Å². The maximum absolute atomic E-state index is 11.9. The number of ether oxygens (including phenoxy) is 1.